The van der Waals surface area contributed by atoms with Crippen LogP contribution in [-0.2, 0) is 14.3 Å². The van der Waals surface area contributed by atoms with Gasteiger partial charge in [-0.1, -0.05) is 6.92 Å². The van der Waals surface area contributed by atoms with Crippen molar-refractivity contribution in [3.8, 4) is 0 Å². The summed E-state index contributed by atoms with van der Waals surface area (Å²) in [5.74, 6) is -0.402. The summed E-state index contributed by atoms with van der Waals surface area (Å²) in [5, 5.41) is 7.02. The van der Waals surface area contributed by atoms with Crippen molar-refractivity contribution in [2.75, 3.05) is 27.3 Å². The molecule has 148 valence electrons. The number of ether oxygens (including phenoxy) is 2. The highest BCUT2D eigenvalue weighted by Gasteiger charge is 2.20. The molecule has 1 heterocycles. The number of methoxy groups -OCH3 is 1. The van der Waals surface area contributed by atoms with Gasteiger partial charge in [-0.05, 0) is 20.8 Å². The van der Waals surface area contributed by atoms with Crippen LogP contribution < -0.4 is 10.6 Å². The Labute approximate surface area is 175 Å². The Morgan fingerprint density at radius 3 is 2.54 bits per heavy atom. The van der Waals surface area contributed by atoms with Crippen molar-refractivity contribution in [1.29, 1.82) is 0 Å². The second-order valence-corrected chi connectivity index (χ2v) is 6.46. The van der Waals surface area contributed by atoms with Crippen LogP contribution >= 0.6 is 35.3 Å². The minimum absolute atomic E-state index is 0. The normalized spacial score (nSPS) is 13.2. The fraction of sp³-hybridized carbons (Fsp3) is 0.625. The SMILES string of the molecule is CCOC(=O)c1sc(C(C)NC(=NC)NCC(C)C(=O)OC)nc1C.I. The number of rotatable bonds is 7. The summed E-state index contributed by atoms with van der Waals surface area (Å²) >= 11 is 1.30. The van der Waals surface area contributed by atoms with Gasteiger partial charge in [0.1, 0.15) is 9.88 Å². The molecule has 2 atom stereocenters. The van der Waals surface area contributed by atoms with Crippen LogP contribution in [0.2, 0.25) is 0 Å². The topological polar surface area (TPSA) is 102 Å². The van der Waals surface area contributed by atoms with Gasteiger partial charge >= 0.3 is 11.9 Å². The third-order valence-corrected chi connectivity index (χ3v) is 4.72. The van der Waals surface area contributed by atoms with Crippen LogP contribution in [-0.4, -0.2) is 50.2 Å². The van der Waals surface area contributed by atoms with Gasteiger partial charge in [0.2, 0.25) is 0 Å². The summed E-state index contributed by atoms with van der Waals surface area (Å²) in [5.41, 5.74) is 0.648. The first-order valence-corrected chi connectivity index (χ1v) is 8.85. The number of halogens is 1. The van der Waals surface area contributed by atoms with Crippen LogP contribution in [0.3, 0.4) is 0 Å². The number of carbonyl (C=O) groups is 2. The second kappa shape index (κ2) is 12.0. The van der Waals surface area contributed by atoms with Gasteiger partial charge in [-0.25, -0.2) is 9.78 Å². The molecule has 0 saturated heterocycles. The molecule has 0 radical (unpaired) electrons. The molecule has 0 aliphatic rings. The Hall–Kier alpha value is -1.43. The Morgan fingerprint density at radius 1 is 1.35 bits per heavy atom. The lowest BCUT2D eigenvalue weighted by atomic mass is 10.2. The Morgan fingerprint density at radius 2 is 2.00 bits per heavy atom. The van der Waals surface area contributed by atoms with Crippen LogP contribution in [0.25, 0.3) is 0 Å². The molecule has 8 nitrogen and oxygen atoms in total. The highest BCUT2D eigenvalue weighted by molar-refractivity contribution is 14.0. The van der Waals surface area contributed by atoms with Gasteiger partial charge in [0.15, 0.2) is 5.96 Å². The van der Waals surface area contributed by atoms with E-state index < -0.39 is 0 Å². The summed E-state index contributed by atoms with van der Waals surface area (Å²) in [4.78, 5) is 32.4. The summed E-state index contributed by atoms with van der Waals surface area (Å²) in [6.07, 6.45) is 0. The second-order valence-electron chi connectivity index (χ2n) is 5.43. The molecule has 0 saturated carbocycles. The highest BCUT2D eigenvalue weighted by Crippen LogP contribution is 2.24. The number of hydrogen-bond acceptors (Lipinski definition) is 7. The maximum absolute atomic E-state index is 11.9. The number of nitrogens with zero attached hydrogens (tertiary/aromatic N) is 2. The Kier molecular flexibility index (Phi) is 11.4. The summed E-state index contributed by atoms with van der Waals surface area (Å²) < 4.78 is 9.73. The number of guanidine groups is 1. The van der Waals surface area contributed by atoms with E-state index in [1.54, 1.807) is 27.8 Å². The molecule has 0 aliphatic carbocycles. The zero-order valence-corrected chi connectivity index (χ0v) is 19.1. The van der Waals surface area contributed by atoms with E-state index >= 15 is 0 Å². The third-order valence-electron chi connectivity index (χ3n) is 3.40. The first-order chi connectivity index (χ1) is 11.8. The number of esters is 2. The van der Waals surface area contributed by atoms with E-state index in [1.165, 1.54) is 18.4 Å². The number of carbonyl (C=O) groups excluding carboxylic acids is 2. The average molecular weight is 498 g/mol. The minimum atomic E-state index is -0.356. The van der Waals surface area contributed by atoms with Gasteiger partial charge in [-0.3, -0.25) is 9.79 Å². The largest absolute Gasteiger partial charge is 0.469 e. The van der Waals surface area contributed by atoms with Crippen LogP contribution in [0.15, 0.2) is 4.99 Å². The van der Waals surface area contributed by atoms with Gasteiger partial charge in [0, 0.05) is 13.6 Å². The van der Waals surface area contributed by atoms with Crippen molar-refractivity contribution in [2.45, 2.75) is 33.7 Å². The van der Waals surface area contributed by atoms with Crippen LogP contribution in [0.1, 0.15) is 47.2 Å². The molecule has 0 amide bonds. The number of aryl methyl sites for hydroxylation is 1. The predicted molar refractivity (Wildman–Crippen MR) is 112 cm³/mol. The van der Waals surface area contributed by atoms with Crippen LogP contribution in [0.4, 0.5) is 0 Å². The van der Waals surface area contributed by atoms with Crippen LogP contribution in [0, 0.1) is 12.8 Å². The number of thiazole rings is 1. The summed E-state index contributed by atoms with van der Waals surface area (Å²) in [6, 6.07) is -0.161. The molecule has 0 fully saturated rings. The smallest absolute Gasteiger partial charge is 0.350 e. The zero-order chi connectivity index (χ0) is 19.0. The number of nitrogens with one attached hydrogen (secondary N) is 2. The van der Waals surface area contributed by atoms with Crippen LogP contribution in [0.5, 0.6) is 0 Å². The van der Waals surface area contributed by atoms with Gasteiger partial charge in [0.05, 0.1) is 31.4 Å². The summed E-state index contributed by atoms with van der Waals surface area (Å²) in [7, 11) is 3.00. The standard InChI is InChI=1S/C16H26N4O4S.HI/c1-7-24-15(22)12-10(3)19-13(25-12)11(4)20-16(17-5)18-8-9(2)14(21)23-6;/h9,11H,7-8H2,1-6H3,(H2,17,18,20);1H. The van der Waals surface area contributed by atoms with E-state index in [2.05, 4.69) is 20.6 Å². The van der Waals surface area contributed by atoms with Crippen molar-refractivity contribution in [3.05, 3.63) is 15.6 Å². The van der Waals surface area contributed by atoms with Gasteiger partial charge in [-0.2, -0.15) is 0 Å². The maximum Gasteiger partial charge on any atom is 0.350 e. The van der Waals surface area contributed by atoms with Crippen molar-refractivity contribution in [3.63, 3.8) is 0 Å². The molecule has 2 unspecified atom stereocenters. The molecule has 0 aliphatic heterocycles. The molecule has 10 heteroatoms. The molecule has 1 aromatic rings. The Balaban J connectivity index is 0.00000625. The number of aromatic nitrogens is 1. The number of aliphatic imine (C=N–C) groups is 1. The zero-order valence-electron chi connectivity index (χ0n) is 15.9. The fourth-order valence-corrected chi connectivity index (χ4v) is 2.95. The molecule has 1 aromatic heterocycles. The van der Waals surface area contributed by atoms with E-state index in [-0.39, 0.29) is 47.9 Å². The van der Waals surface area contributed by atoms with E-state index in [0.29, 0.717) is 29.7 Å². The lowest BCUT2D eigenvalue weighted by Crippen LogP contribution is -2.41. The van der Waals surface area contributed by atoms with Gasteiger partial charge in [-0.15, -0.1) is 35.3 Å². The van der Waals surface area contributed by atoms with E-state index in [1.807, 2.05) is 6.92 Å². The first kappa shape index (κ1) is 24.6. The predicted octanol–water partition coefficient (Wildman–Crippen LogP) is 2.28. The molecule has 0 bridgehead atoms. The monoisotopic (exact) mass is 498 g/mol. The Bertz CT molecular complexity index is 636. The average Bonchev–Trinajstić information content (AvgIpc) is 2.99. The molecule has 0 spiro atoms. The fourth-order valence-electron chi connectivity index (χ4n) is 1.98. The lowest BCUT2D eigenvalue weighted by Gasteiger charge is -2.17. The van der Waals surface area contributed by atoms with Crippen molar-refractivity contribution < 1.29 is 19.1 Å². The van der Waals surface area contributed by atoms with E-state index in [4.69, 9.17) is 9.47 Å². The molecule has 2 N–H and O–H groups in total. The maximum atomic E-state index is 11.9. The molecular formula is C16H27IN4O4S. The van der Waals surface area contributed by atoms with E-state index in [9.17, 15) is 9.59 Å². The molecule has 0 aromatic carbocycles. The van der Waals surface area contributed by atoms with Gasteiger partial charge < -0.3 is 20.1 Å². The quantitative estimate of drug-likeness (QED) is 0.258. The highest BCUT2D eigenvalue weighted by atomic mass is 127. The minimum Gasteiger partial charge on any atom is -0.469 e. The summed E-state index contributed by atoms with van der Waals surface area (Å²) in [6.45, 7) is 7.96. The lowest BCUT2D eigenvalue weighted by molar-refractivity contribution is -0.144. The van der Waals surface area contributed by atoms with Crippen molar-refractivity contribution in [1.82, 2.24) is 15.6 Å². The molecular weight excluding hydrogens is 471 g/mol. The van der Waals surface area contributed by atoms with Crippen molar-refractivity contribution >= 4 is 53.2 Å². The third kappa shape index (κ3) is 7.06. The van der Waals surface area contributed by atoms with Crippen molar-refractivity contribution in [2.24, 2.45) is 10.9 Å². The first-order valence-electron chi connectivity index (χ1n) is 8.03. The van der Waals surface area contributed by atoms with Gasteiger partial charge in [0.25, 0.3) is 0 Å². The molecule has 26 heavy (non-hydrogen) atoms. The van der Waals surface area contributed by atoms with E-state index in [0.717, 1.165) is 5.01 Å². The number of hydrogen-bond donors (Lipinski definition) is 2. The molecule has 1 rings (SSSR count).